The van der Waals surface area contributed by atoms with Crippen LogP contribution in [0.25, 0.3) is 0 Å². The average Bonchev–Trinajstić information content (AvgIpc) is 3.36. The van der Waals surface area contributed by atoms with E-state index in [1.807, 2.05) is 0 Å². The van der Waals surface area contributed by atoms with Crippen LogP contribution in [0.15, 0.2) is 134 Å². The van der Waals surface area contributed by atoms with E-state index in [-0.39, 0.29) is 25.2 Å². The topological polar surface area (TPSA) is 72.8 Å². The molecule has 0 saturated heterocycles. The highest BCUT2D eigenvalue weighted by atomic mass is 16.6. The van der Waals surface area contributed by atoms with Crippen LogP contribution in [0.2, 0.25) is 0 Å². The lowest BCUT2D eigenvalue weighted by molar-refractivity contribution is -0.161. The normalized spacial score (nSPS) is 13.2. The van der Waals surface area contributed by atoms with Gasteiger partial charge in [0.2, 0.25) is 0 Å². The summed E-state index contributed by atoms with van der Waals surface area (Å²) in [5.74, 6) is -0.612. The first-order valence-corrected chi connectivity index (χ1v) is 28.7. The van der Waals surface area contributed by atoms with E-state index in [9.17, 15) is 14.7 Å². The molecule has 0 heterocycles. The maximum Gasteiger partial charge on any atom is 0.306 e. The molecule has 0 saturated carbocycles. The molecular formula is C65H106O5. The Labute approximate surface area is 432 Å². The van der Waals surface area contributed by atoms with E-state index in [1.165, 1.54) is 103 Å². The molecule has 0 aliphatic heterocycles. The molecule has 0 radical (unpaired) electrons. The molecule has 0 aromatic heterocycles. The number of allylic oxidation sites excluding steroid dienone is 22. The van der Waals surface area contributed by atoms with Gasteiger partial charge in [-0.25, -0.2) is 0 Å². The summed E-state index contributed by atoms with van der Waals surface area (Å²) in [4.78, 5) is 24.5. The second kappa shape index (κ2) is 59.3. The van der Waals surface area contributed by atoms with Gasteiger partial charge in [0.05, 0.1) is 6.61 Å². The van der Waals surface area contributed by atoms with Crippen molar-refractivity contribution in [1.29, 1.82) is 0 Å². The predicted molar refractivity (Wildman–Crippen MR) is 306 cm³/mol. The smallest absolute Gasteiger partial charge is 0.306 e. The van der Waals surface area contributed by atoms with Gasteiger partial charge in [-0.1, -0.05) is 257 Å². The molecule has 70 heavy (non-hydrogen) atoms. The van der Waals surface area contributed by atoms with Gasteiger partial charge in [0.1, 0.15) is 6.61 Å². The van der Waals surface area contributed by atoms with Crippen LogP contribution in [0.4, 0.5) is 0 Å². The number of carbonyl (C=O) groups excluding carboxylic acids is 2. The minimum atomic E-state index is -0.790. The van der Waals surface area contributed by atoms with E-state index in [4.69, 9.17) is 9.47 Å². The quantitative estimate of drug-likeness (QED) is 0.0374. The van der Waals surface area contributed by atoms with Gasteiger partial charge in [0.25, 0.3) is 0 Å². The van der Waals surface area contributed by atoms with Gasteiger partial charge in [0.15, 0.2) is 6.10 Å². The van der Waals surface area contributed by atoms with Crippen molar-refractivity contribution in [3.05, 3.63) is 134 Å². The Kier molecular flexibility index (Phi) is 56.0. The Morgan fingerprint density at radius 1 is 0.329 bits per heavy atom. The molecule has 1 unspecified atom stereocenters. The van der Waals surface area contributed by atoms with Gasteiger partial charge < -0.3 is 14.6 Å². The molecule has 0 amide bonds. The average molecular weight is 968 g/mol. The molecule has 396 valence electrons. The molecule has 0 aromatic carbocycles. The maximum atomic E-state index is 12.3. The Hall–Kier alpha value is -3.96. The standard InChI is InChI=1S/C65H106O5/c1-3-5-7-9-11-13-15-17-19-21-23-25-27-29-30-31-32-33-34-36-37-39-41-43-45-47-49-51-53-55-57-59-64(67)69-62-63(61-66)70-65(68)60-58-56-54-52-50-48-46-44-42-40-38-35-28-26-24-22-20-18-16-14-12-10-8-6-4-2/h5-8,11-14,17-20,23-26,29-30,35,38,42,44,63,66H,3-4,9-10,15-16,21-22,27-28,31-34,36-37,39-41,43,45-62H2,1-2H3/b7-5-,8-6-,13-11-,14-12-,19-17-,20-18-,25-23-,26-24-,30-29-,38-35-,44-42-. The second-order valence-electron chi connectivity index (χ2n) is 18.6. The van der Waals surface area contributed by atoms with Crippen LogP contribution in [-0.4, -0.2) is 36.4 Å². The SMILES string of the molecule is CC/C=C\C/C=C\C/C=C\C/C=C\C/C=C\C/C=C\CCCCCCCCC(=O)OC(CO)COC(=O)CCCCCCCCCCCCCCCCC/C=C\C/C=C\C/C=C\C/C=C\C/C=C\CC. The minimum Gasteiger partial charge on any atom is -0.462 e. The fourth-order valence-electron chi connectivity index (χ4n) is 7.70. The number of hydrogen-bond donors (Lipinski definition) is 1. The molecule has 5 heteroatoms. The van der Waals surface area contributed by atoms with Gasteiger partial charge in [-0.05, 0) is 109 Å². The van der Waals surface area contributed by atoms with Gasteiger partial charge in [-0.15, -0.1) is 0 Å². The van der Waals surface area contributed by atoms with E-state index in [0.717, 1.165) is 116 Å². The molecule has 0 rings (SSSR count). The molecule has 0 aromatic rings. The first-order valence-electron chi connectivity index (χ1n) is 28.7. The summed E-state index contributed by atoms with van der Waals surface area (Å²) in [5.41, 5.74) is 0. The fraction of sp³-hybridized carbons (Fsp3) is 0.631. The molecule has 1 N–H and O–H groups in total. The van der Waals surface area contributed by atoms with Gasteiger partial charge in [-0.2, -0.15) is 0 Å². The van der Waals surface area contributed by atoms with Crippen molar-refractivity contribution in [3.63, 3.8) is 0 Å². The number of aliphatic hydroxyl groups is 1. The monoisotopic (exact) mass is 967 g/mol. The van der Waals surface area contributed by atoms with Crippen LogP contribution in [0.5, 0.6) is 0 Å². The summed E-state index contributed by atoms with van der Waals surface area (Å²) in [5, 5.41) is 9.66. The van der Waals surface area contributed by atoms with Gasteiger partial charge in [-0.3, -0.25) is 9.59 Å². The lowest BCUT2D eigenvalue weighted by Crippen LogP contribution is -2.28. The summed E-state index contributed by atoms with van der Waals surface area (Å²) in [6.07, 6.45) is 88.5. The zero-order valence-corrected chi connectivity index (χ0v) is 45.2. The second-order valence-corrected chi connectivity index (χ2v) is 18.6. The molecule has 5 nitrogen and oxygen atoms in total. The number of unbranched alkanes of at least 4 members (excludes halogenated alkanes) is 21. The lowest BCUT2D eigenvalue weighted by atomic mass is 10.0. The highest BCUT2D eigenvalue weighted by Gasteiger charge is 2.16. The Bertz CT molecular complexity index is 1470. The lowest BCUT2D eigenvalue weighted by Gasteiger charge is -2.15. The number of ether oxygens (including phenoxy) is 2. The van der Waals surface area contributed by atoms with Crippen molar-refractivity contribution in [2.75, 3.05) is 13.2 Å². The van der Waals surface area contributed by atoms with Gasteiger partial charge in [0, 0.05) is 12.8 Å². The Morgan fingerprint density at radius 3 is 0.857 bits per heavy atom. The van der Waals surface area contributed by atoms with Crippen molar-refractivity contribution in [2.24, 2.45) is 0 Å². The van der Waals surface area contributed by atoms with Crippen LogP contribution in [0.1, 0.15) is 245 Å². The third-order valence-electron chi connectivity index (χ3n) is 11.9. The van der Waals surface area contributed by atoms with E-state index < -0.39 is 6.10 Å². The first-order chi connectivity index (χ1) is 34.6. The number of esters is 2. The first kappa shape index (κ1) is 66.0. The van der Waals surface area contributed by atoms with Crippen LogP contribution in [0.3, 0.4) is 0 Å². The van der Waals surface area contributed by atoms with Crippen molar-refractivity contribution >= 4 is 11.9 Å². The predicted octanol–water partition coefficient (Wildman–Crippen LogP) is 19.6. The van der Waals surface area contributed by atoms with Crippen LogP contribution in [0, 0.1) is 0 Å². The maximum absolute atomic E-state index is 12.3. The third kappa shape index (κ3) is 56.6. The van der Waals surface area contributed by atoms with Crippen LogP contribution >= 0.6 is 0 Å². The van der Waals surface area contributed by atoms with E-state index in [0.29, 0.717) is 12.8 Å². The van der Waals surface area contributed by atoms with Crippen molar-refractivity contribution in [3.8, 4) is 0 Å². The summed E-state index contributed by atoms with van der Waals surface area (Å²) >= 11 is 0. The van der Waals surface area contributed by atoms with Gasteiger partial charge >= 0.3 is 11.9 Å². The molecule has 0 aliphatic carbocycles. The summed E-state index contributed by atoms with van der Waals surface area (Å²) in [6.45, 7) is 3.90. The molecule has 0 fully saturated rings. The summed E-state index contributed by atoms with van der Waals surface area (Å²) in [7, 11) is 0. The Morgan fingerprint density at radius 2 is 0.571 bits per heavy atom. The molecule has 0 bridgehead atoms. The van der Waals surface area contributed by atoms with E-state index >= 15 is 0 Å². The fourth-order valence-corrected chi connectivity index (χ4v) is 7.70. The third-order valence-corrected chi connectivity index (χ3v) is 11.9. The molecule has 0 aliphatic rings. The van der Waals surface area contributed by atoms with Crippen molar-refractivity contribution in [1.82, 2.24) is 0 Å². The molecule has 0 spiro atoms. The van der Waals surface area contributed by atoms with E-state index in [1.54, 1.807) is 0 Å². The van der Waals surface area contributed by atoms with Crippen molar-refractivity contribution < 1.29 is 24.2 Å². The summed E-state index contributed by atoms with van der Waals surface area (Å²) < 4.78 is 10.7. The number of hydrogen-bond acceptors (Lipinski definition) is 5. The van der Waals surface area contributed by atoms with Crippen LogP contribution in [-0.2, 0) is 19.1 Å². The highest BCUT2D eigenvalue weighted by Crippen LogP contribution is 2.15. The highest BCUT2D eigenvalue weighted by molar-refractivity contribution is 5.70. The van der Waals surface area contributed by atoms with Crippen molar-refractivity contribution in [2.45, 2.75) is 251 Å². The Balaban J connectivity index is 3.55. The number of rotatable bonds is 51. The minimum absolute atomic E-state index is 0.0791. The largest absolute Gasteiger partial charge is 0.462 e. The zero-order chi connectivity index (χ0) is 50.6. The van der Waals surface area contributed by atoms with E-state index in [2.05, 4.69) is 148 Å². The summed E-state index contributed by atoms with van der Waals surface area (Å²) in [6, 6.07) is 0. The molecular weight excluding hydrogens is 861 g/mol. The van der Waals surface area contributed by atoms with Crippen LogP contribution < -0.4 is 0 Å². The number of aliphatic hydroxyl groups excluding tert-OH is 1. The molecule has 1 atom stereocenters. The number of carbonyl (C=O) groups is 2. The zero-order valence-electron chi connectivity index (χ0n) is 45.2.